The summed E-state index contributed by atoms with van der Waals surface area (Å²) in [4.78, 5) is 2.23. The third kappa shape index (κ3) is 3.93. The summed E-state index contributed by atoms with van der Waals surface area (Å²) in [6, 6.07) is 9.13. The van der Waals surface area contributed by atoms with Gasteiger partial charge >= 0.3 is 0 Å². The number of benzene rings is 1. The van der Waals surface area contributed by atoms with Gasteiger partial charge in [-0.2, -0.15) is 0 Å². The summed E-state index contributed by atoms with van der Waals surface area (Å²) >= 11 is 0. The van der Waals surface area contributed by atoms with E-state index in [1.54, 1.807) is 0 Å². The number of rotatable bonds is 5. The van der Waals surface area contributed by atoms with Crippen molar-refractivity contribution >= 4 is 5.69 Å². The molecule has 4 heteroatoms. The zero-order chi connectivity index (χ0) is 13.7. The highest BCUT2D eigenvalue weighted by Gasteiger charge is 2.22. The van der Waals surface area contributed by atoms with E-state index in [0.717, 1.165) is 25.4 Å². The minimum Gasteiger partial charge on any atom is -0.394 e. The lowest BCUT2D eigenvalue weighted by molar-refractivity contribution is 0.0727. The summed E-state index contributed by atoms with van der Waals surface area (Å²) in [6.07, 6.45) is 0. The molecule has 1 aromatic rings. The third-order valence-corrected chi connectivity index (χ3v) is 3.42. The van der Waals surface area contributed by atoms with Crippen molar-refractivity contribution in [3.05, 3.63) is 29.8 Å². The zero-order valence-electron chi connectivity index (χ0n) is 11.8. The number of nitrogens with one attached hydrogen (secondary N) is 1. The number of hydrogen-bond acceptors (Lipinski definition) is 4. The van der Waals surface area contributed by atoms with Crippen molar-refractivity contribution in [3.63, 3.8) is 0 Å². The van der Waals surface area contributed by atoms with E-state index in [2.05, 4.69) is 48.3 Å². The standard InChI is InChI=1S/C15H24N2O2/c1-12(2)16-9-13-3-5-14(6-4-13)17-7-8-19-11-15(17)10-18/h3-6,12,15-16,18H,7-11H2,1-2H3. The molecule has 1 aromatic carbocycles. The fourth-order valence-electron chi connectivity index (χ4n) is 2.27. The molecule has 0 radical (unpaired) electrons. The van der Waals surface area contributed by atoms with E-state index in [1.165, 1.54) is 5.56 Å². The van der Waals surface area contributed by atoms with E-state index in [1.807, 2.05) is 0 Å². The smallest absolute Gasteiger partial charge is 0.0755 e. The second-order valence-electron chi connectivity index (χ2n) is 5.31. The van der Waals surface area contributed by atoms with E-state index in [0.29, 0.717) is 12.6 Å². The van der Waals surface area contributed by atoms with Crippen LogP contribution in [0.3, 0.4) is 0 Å². The van der Waals surface area contributed by atoms with Crippen LogP contribution in [-0.4, -0.2) is 43.6 Å². The van der Waals surface area contributed by atoms with Gasteiger partial charge in [0.05, 0.1) is 25.9 Å². The largest absolute Gasteiger partial charge is 0.394 e. The fraction of sp³-hybridized carbons (Fsp3) is 0.600. The molecular formula is C15H24N2O2. The van der Waals surface area contributed by atoms with Crippen LogP contribution >= 0.6 is 0 Å². The first kappa shape index (κ1) is 14.3. The molecule has 1 heterocycles. The Morgan fingerprint density at radius 1 is 1.37 bits per heavy atom. The SMILES string of the molecule is CC(C)NCc1ccc(N2CCOCC2CO)cc1. The summed E-state index contributed by atoms with van der Waals surface area (Å²) in [7, 11) is 0. The van der Waals surface area contributed by atoms with Crippen LogP contribution in [0.1, 0.15) is 19.4 Å². The van der Waals surface area contributed by atoms with E-state index in [-0.39, 0.29) is 12.6 Å². The molecule has 0 amide bonds. The van der Waals surface area contributed by atoms with Gasteiger partial charge in [-0.15, -0.1) is 0 Å². The zero-order valence-corrected chi connectivity index (χ0v) is 11.8. The van der Waals surface area contributed by atoms with Crippen molar-refractivity contribution in [2.75, 3.05) is 31.3 Å². The van der Waals surface area contributed by atoms with Crippen LogP contribution in [0.4, 0.5) is 5.69 Å². The minimum atomic E-state index is 0.0772. The van der Waals surface area contributed by atoms with Gasteiger partial charge < -0.3 is 20.1 Å². The Hall–Kier alpha value is -1.10. The Labute approximate surface area is 115 Å². The highest BCUT2D eigenvalue weighted by atomic mass is 16.5. The first-order valence-electron chi connectivity index (χ1n) is 6.98. The molecule has 2 rings (SSSR count). The monoisotopic (exact) mass is 264 g/mol. The molecule has 0 spiro atoms. The number of aliphatic hydroxyl groups is 1. The number of aliphatic hydroxyl groups excluding tert-OH is 1. The predicted octanol–water partition coefficient (Wildman–Crippen LogP) is 1.38. The lowest BCUT2D eigenvalue weighted by Crippen LogP contribution is -2.47. The molecule has 1 saturated heterocycles. The van der Waals surface area contributed by atoms with Crippen molar-refractivity contribution in [1.82, 2.24) is 5.32 Å². The molecule has 1 atom stereocenters. The Morgan fingerprint density at radius 3 is 2.74 bits per heavy atom. The Morgan fingerprint density at radius 2 is 2.11 bits per heavy atom. The van der Waals surface area contributed by atoms with Crippen molar-refractivity contribution in [1.29, 1.82) is 0 Å². The molecule has 1 aliphatic heterocycles. The fourth-order valence-corrected chi connectivity index (χ4v) is 2.27. The summed E-state index contributed by atoms with van der Waals surface area (Å²) in [5.74, 6) is 0. The maximum atomic E-state index is 9.39. The Bertz CT molecular complexity index is 378. The van der Waals surface area contributed by atoms with E-state index >= 15 is 0 Å². The molecule has 0 saturated carbocycles. The van der Waals surface area contributed by atoms with Gasteiger partial charge in [0.2, 0.25) is 0 Å². The molecule has 1 aliphatic rings. The molecule has 0 bridgehead atoms. The predicted molar refractivity (Wildman–Crippen MR) is 77.5 cm³/mol. The Kier molecular flexibility index (Phi) is 5.19. The van der Waals surface area contributed by atoms with Crippen molar-refractivity contribution in [3.8, 4) is 0 Å². The molecule has 1 fully saturated rings. The molecule has 2 N–H and O–H groups in total. The van der Waals surface area contributed by atoms with Gasteiger partial charge in [-0.25, -0.2) is 0 Å². The quantitative estimate of drug-likeness (QED) is 0.843. The maximum absolute atomic E-state index is 9.39. The lowest BCUT2D eigenvalue weighted by atomic mass is 10.1. The topological polar surface area (TPSA) is 44.7 Å². The van der Waals surface area contributed by atoms with Crippen molar-refractivity contribution < 1.29 is 9.84 Å². The second kappa shape index (κ2) is 6.89. The van der Waals surface area contributed by atoms with Crippen molar-refractivity contribution in [2.24, 2.45) is 0 Å². The van der Waals surface area contributed by atoms with Gasteiger partial charge in [-0.1, -0.05) is 26.0 Å². The van der Waals surface area contributed by atoms with Crippen molar-refractivity contribution in [2.45, 2.75) is 32.5 Å². The number of anilines is 1. The number of ether oxygens (including phenoxy) is 1. The highest BCUT2D eigenvalue weighted by Crippen LogP contribution is 2.20. The van der Waals surface area contributed by atoms with Gasteiger partial charge in [0.25, 0.3) is 0 Å². The third-order valence-electron chi connectivity index (χ3n) is 3.42. The van der Waals surface area contributed by atoms with Crippen LogP contribution in [-0.2, 0) is 11.3 Å². The first-order valence-corrected chi connectivity index (χ1v) is 6.98. The molecule has 0 aliphatic carbocycles. The minimum absolute atomic E-state index is 0.0772. The highest BCUT2D eigenvalue weighted by molar-refractivity contribution is 5.49. The van der Waals surface area contributed by atoms with Crippen LogP contribution < -0.4 is 10.2 Å². The number of hydrogen-bond donors (Lipinski definition) is 2. The summed E-state index contributed by atoms with van der Waals surface area (Å²) < 4.78 is 5.40. The van der Waals surface area contributed by atoms with E-state index in [4.69, 9.17) is 4.74 Å². The summed E-state index contributed by atoms with van der Waals surface area (Å²) in [6.45, 7) is 7.50. The second-order valence-corrected chi connectivity index (χ2v) is 5.31. The average molecular weight is 264 g/mol. The molecular weight excluding hydrogens is 240 g/mol. The van der Waals surface area contributed by atoms with Gasteiger partial charge in [-0.3, -0.25) is 0 Å². The normalized spacial score (nSPS) is 20.0. The number of morpholine rings is 1. The van der Waals surface area contributed by atoms with E-state index < -0.39 is 0 Å². The molecule has 1 unspecified atom stereocenters. The van der Waals surface area contributed by atoms with Gasteiger partial charge in [0, 0.05) is 24.8 Å². The maximum Gasteiger partial charge on any atom is 0.0755 e. The molecule has 19 heavy (non-hydrogen) atoms. The van der Waals surface area contributed by atoms with Crippen LogP contribution in [0, 0.1) is 0 Å². The molecule has 4 nitrogen and oxygen atoms in total. The Balaban J connectivity index is 2.00. The molecule has 0 aromatic heterocycles. The van der Waals surface area contributed by atoms with Crippen LogP contribution in [0.5, 0.6) is 0 Å². The average Bonchev–Trinajstić information content (AvgIpc) is 2.45. The first-order chi connectivity index (χ1) is 9.20. The van der Waals surface area contributed by atoms with Crippen LogP contribution in [0.2, 0.25) is 0 Å². The number of nitrogens with zero attached hydrogens (tertiary/aromatic N) is 1. The molecule has 106 valence electrons. The van der Waals surface area contributed by atoms with E-state index in [9.17, 15) is 5.11 Å². The van der Waals surface area contributed by atoms with Gasteiger partial charge in [0.15, 0.2) is 0 Å². The lowest BCUT2D eigenvalue weighted by Gasteiger charge is -2.36. The van der Waals surface area contributed by atoms with Crippen LogP contribution in [0.15, 0.2) is 24.3 Å². The van der Waals surface area contributed by atoms with Gasteiger partial charge in [-0.05, 0) is 17.7 Å². The summed E-state index contributed by atoms with van der Waals surface area (Å²) in [5.41, 5.74) is 2.45. The van der Waals surface area contributed by atoms with Crippen LogP contribution in [0.25, 0.3) is 0 Å². The van der Waals surface area contributed by atoms with Gasteiger partial charge in [0.1, 0.15) is 0 Å². The summed E-state index contributed by atoms with van der Waals surface area (Å²) in [5, 5.41) is 12.8.